The lowest BCUT2D eigenvalue weighted by atomic mass is 10.2. The van der Waals surface area contributed by atoms with Gasteiger partial charge >= 0.3 is 6.61 Å². The number of carbonyl (C=O) groups is 1. The van der Waals surface area contributed by atoms with E-state index in [1.807, 2.05) is 0 Å². The van der Waals surface area contributed by atoms with Crippen molar-refractivity contribution in [1.82, 2.24) is 9.88 Å². The maximum Gasteiger partial charge on any atom is 0.388 e. The van der Waals surface area contributed by atoms with Crippen LogP contribution in [0.4, 0.5) is 8.78 Å². The number of carbonyl (C=O) groups excluding carboxylic acids is 1. The molecule has 110 valence electrons. The number of ether oxygens (including phenoxy) is 2. The molecule has 7 heteroatoms. The molecule has 0 aliphatic carbocycles. The van der Waals surface area contributed by atoms with E-state index in [1.165, 1.54) is 23.2 Å². The van der Waals surface area contributed by atoms with Crippen LogP contribution in [0.15, 0.2) is 18.3 Å². The van der Waals surface area contributed by atoms with E-state index in [0.29, 0.717) is 13.2 Å². The molecule has 2 rings (SSSR count). The zero-order chi connectivity index (χ0) is 14.5. The fourth-order valence-electron chi connectivity index (χ4n) is 2.10. The van der Waals surface area contributed by atoms with Crippen molar-refractivity contribution < 1.29 is 23.0 Å². The lowest BCUT2D eigenvalue weighted by Crippen LogP contribution is -2.34. The van der Waals surface area contributed by atoms with Crippen LogP contribution in [0.2, 0.25) is 0 Å². The Morgan fingerprint density at radius 1 is 1.65 bits per heavy atom. The third-order valence-electron chi connectivity index (χ3n) is 3.04. The van der Waals surface area contributed by atoms with E-state index < -0.39 is 6.61 Å². The summed E-state index contributed by atoms with van der Waals surface area (Å²) in [6.07, 6.45) is 3.23. The van der Waals surface area contributed by atoms with Crippen molar-refractivity contribution in [2.24, 2.45) is 0 Å². The number of amides is 1. The summed E-state index contributed by atoms with van der Waals surface area (Å²) in [5, 5.41) is 0. The highest BCUT2D eigenvalue weighted by Gasteiger charge is 2.21. The fraction of sp³-hybridized carbons (Fsp3) is 0.538. The topological polar surface area (TPSA) is 51.7 Å². The number of hydrogen-bond donors (Lipinski definition) is 0. The van der Waals surface area contributed by atoms with Gasteiger partial charge in [0.2, 0.25) is 5.88 Å². The first kappa shape index (κ1) is 14.6. The van der Waals surface area contributed by atoms with Crippen molar-refractivity contribution in [2.45, 2.75) is 25.6 Å². The second-order valence-electron chi connectivity index (χ2n) is 4.58. The molecular weight excluding hydrogens is 270 g/mol. The van der Waals surface area contributed by atoms with Crippen molar-refractivity contribution in [3.8, 4) is 5.88 Å². The Balaban J connectivity index is 2.00. The minimum atomic E-state index is -2.96. The molecule has 0 N–H and O–H groups in total. The molecule has 1 atom stereocenters. The molecule has 1 aromatic rings. The lowest BCUT2D eigenvalue weighted by molar-refractivity contribution is -0.0529. The van der Waals surface area contributed by atoms with E-state index in [2.05, 4.69) is 9.72 Å². The molecule has 1 aliphatic rings. The second kappa shape index (κ2) is 6.60. The monoisotopic (exact) mass is 286 g/mol. The van der Waals surface area contributed by atoms with Gasteiger partial charge in [0, 0.05) is 38.0 Å². The van der Waals surface area contributed by atoms with E-state index in [4.69, 9.17) is 4.74 Å². The van der Waals surface area contributed by atoms with Crippen LogP contribution in [-0.2, 0) is 4.74 Å². The second-order valence-corrected chi connectivity index (χ2v) is 4.58. The van der Waals surface area contributed by atoms with E-state index in [9.17, 15) is 13.6 Å². The average Bonchev–Trinajstić information content (AvgIpc) is 2.90. The zero-order valence-electron chi connectivity index (χ0n) is 11.1. The Kier molecular flexibility index (Phi) is 4.84. The van der Waals surface area contributed by atoms with Crippen LogP contribution in [0.3, 0.4) is 0 Å². The Hall–Kier alpha value is -1.76. The van der Waals surface area contributed by atoms with Crippen LogP contribution >= 0.6 is 0 Å². The molecule has 1 aliphatic heterocycles. The highest BCUT2D eigenvalue weighted by atomic mass is 19.3. The molecule has 0 aromatic carbocycles. The van der Waals surface area contributed by atoms with E-state index in [1.54, 1.807) is 7.05 Å². The van der Waals surface area contributed by atoms with Crippen LogP contribution < -0.4 is 4.74 Å². The largest absolute Gasteiger partial charge is 0.417 e. The number of alkyl halides is 2. The van der Waals surface area contributed by atoms with Gasteiger partial charge in [0.25, 0.3) is 5.91 Å². The summed E-state index contributed by atoms with van der Waals surface area (Å²) >= 11 is 0. The number of pyridine rings is 1. The van der Waals surface area contributed by atoms with Gasteiger partial charge < -0.3 is 14.4 Å². The number of hydrogen-bond acceptors (Lipinski definition) is 4. The fourth-order valence-corrected chi connectivity index (χ4v) is 2.10. The molecule has 0 unspecified atom stereocenters. The van der Waals surface area contributed by atoms with Crippen molar-refractivity contribution in [3.05, 3.63) is 23.9 Å². The van der Waals surface area contributed by atoms with Gasteiger partial charge in [-0.3, -0.25) is 4.79 Å². The van der Waals surface area contributed by atoms with Gasteiger partial charge in [-0.1, -0.05) is 0 Å². The predicted molar refractivity (Wildman–Crippen MR) is 66.8 cm³/mol. The SMILES string of the molecule is CN(C[C@H]1CCCO1)C(=O)c1ccnc(OC(F)F)c1. The van der Waals surface area contributed by atoms with Crippen LogP contribution in [0.25, 0.3) is 0 Å². The Morgan fingerprint density at radius 3 is 3.10 bits per heavy atom. The van der Waals surface area contributed by atoms with Gasteiger partial charge in [-0.25, -0.2) is 4.98 Å². The van der Waals surface area contributed by atoms with E-state index in [-0.39, 0.29) is 23.5 Å². The van der Waals surface area contributed by atoms with Crippen LogP contribution in [-0.4, -0.2) is 48.7 Å². The summed E-state index contributed by atoms with van der Waals surface area (Å²) < 4.78 is 33.9. The van der Waals surface area contributed by atoms with E-state index >= 15 is 0 Å². The maximum atomic E-state index is 12.2. The molecule has 1 amide bonds. The average molecular weight is 286 g/mol. The van der Waals surface area contributed by atoms with Gasteiger partial charge in [-0.2, -0.15) is 8.78 Å². The smallest absolute Gasteiger partial charge is 0.388 e. The highest BCUT2D eigenvalue weighted by molar-refractivity contribution is 5.94. The third kappa shape index (κ3) is 3.86. The summed E-state index contributed by atoms with van der Waals surface area (Å²) in [7, 11) is 1.65. The maximum absolute atomic E-state index is 12.2. The minimum absolute atomic E-state index is 0.0440. The first-order chi connectivity index (χ1) is 9.56. The molecule has 0 spiro atoms. The Bertz CT molecular complexity index is 465. The molecule has 20 heavy (non-hydrogen) atoms. The zero-order valence-corrected chi connectivity index (χ0v) is 11.1. The Morgan fingerprint density at radius 2 is 2.45 bits per heavy atom. The summed E-state index contributed by atoms with van der Waals surface area (Å²) in [4.78, 5) is 17.3. The highest BCUT2D eigenvalue weighted by Crippen LogP contribution is 2.16. The van der Waals surface area contributed by atoms with Crippen LogP contribution in [0.5, 0.6) is 5.88 Å². The van der Waals surface area contributed by atoms with Crippen molar-refractivity contribution in [3.63, 3.8) is 0 Å². The van der Waals surface area contributed by atoms with Gasteiger partial charge in [-0.05, 0) is 18.9 Å². The third-order valence-corrected chi connectivity index (χ3v) is 3.04. The standard InChI is InChI=1S/C13H16F2N2O3/c1-17(8-10-3-2-6-19-10)12(18)9-4-5-16-11(7-9)20-13(14)15/h4-5,7,10,13H,2-3,6,8H2,1H3/t10-/m1/s1. The number of likely N-dealkylation sites (N-methyl/N-ethyl adjacent to an activating group) is 1. The first-order valence-electron chi connectivity index (χ1n) is 6.34. The minimum Gasteiger partial charge on any atom is -0.417 e. The van der Waals surface area contributed by atoms with Crippen molar-refractivity contribution in [1.29, 1.82) is 0 Å². The molecule has 1 saturated heterocycles. The van der Waals surface area contributed by atoms with Gasteiger partial charge in [0.05, 0.1) is 6.10 Å². The number of halogens is 2. The Labute approximate surface area is 115 Å². The lowest BCUT2D eigenvalue weighted by Gasteiger charge is -2.21. The molecule has 0 saturated carbocycles. The molecule has 1 aromatic heterocycles. The molecule has 2 heterocycles. The van der Waals surface area contributed by atoms with Crippen LogP contribution in [0.1, 0.15) is 23.2 Å². The first-order valence-corrected chi connectivity index (χ1v) is 6.34. The summed E-state index contributed by atoms with van der Waals surface area (Å²) in [6.45, 7) is -1.77. The molecule has 0 radical (unpaired) electrons. The molecule has 1 fully saturated rings. The van der Waals surface area contributed by atoms with Gasteiger partial charge in [0.15, 0.2) is 0 Å². The van der Waals surface area contributed by atoms with Crippen molar-refractivity contribution >= 4 is 5.91 Å². The predicted octanol–water partition coefficient (Wildman–Crippen LogP) is 1.93. The molecule has 0 bridgehead atoms. The molecular formula is C13H16F2N2O3. The van der Waals surface area contributed by atoms with Gasteiger partial charge in [-0.15, -0.1) is 0 Å². The quantitative estimate of drug-likeness (QED) is 0.830. The van der Waals surface area contributed by atoms with Crippen LogP contribution in [0, 0.1) is 0 Å². The van der Waals surface area contributed by atoms with Crippen molar-refractivity contribution in [2.75, 3.05) is 20.2 Å². The normalized spacial score (nSPS) is 18.3. The van der Waals surface area contributed by atoms with Gasteiger partial charge in [0.1, 0.15) is 0 Å². The van der Waals surface area contributed by atoms with E-state index in [0.717, 1.165) is 12.8 Å². The summed E-state index contributed by atoms with van der Waals surface area (Å²) in [5.74, 6) is -0.543. The number of aromatic nitrogens is 1. The summed E-state index contributed by atoms with van der Waals surface area (Å²) in [5.41, 5.74) is 0.260. The number of rotatable bonds is 5. The number of nitrogens with zero attached hydrogens (tertiary/aromatic N) is 2. The summed E-state index contributed by atoms with van der Waals surface area (Å²) in [6, 6.07) is 2.67. The molecule has 5 nitrogen and oxygen atoms in total.